The maximum atomic E-state index is 6.05. The van der Waals surface area contributed by atoms with Gasteiger partial charge in [0.15, 0.2) is 23.1 Å². The highest BCUT2D eigenvalue weighted by Gasteiger charge is 2.07. The normalized spacial score (nSPS) is 11.2. The zero-order valence-electron chi connectivity index (χ0n) is 44.6. The van der Waals surface area contributed by atoms with Crippen LogP contribution in [-0.2, 0) is 6.42 Å². The topological polar surface area (TPSA) is 97.7 Å². The largest absolute Gasteiger partial charge is 0.494 e. The molecule has 0 aliphatic rings. The van der Waals surface area contributed by atoms with Crippen LogP contribution in [0.3, 0.4) is 0 Å². The summed E-state index contributed by atoms with van der Waals surface area (Å²) in [6.07, 6.45) is 37.4. The van der Waals surface area contributed by atoms with Crippen LogP contribution in [0.4, 0.5) is 0 Å². The Morgan fingerprint density at radius 1 is 0.260 bits per heavy atom. The number of benzene rings is 4. The molecule has 0 spiro atoms. The Hall–Kier alpha value is -5.96. The molecule has 0 radical (unpaired) electrons. The summed E-state index contributed by atoms with van der Waals surface area (Å²) >= 11 is 0. The molecule has 0 saturated carbocycles. The second kappa shape index (κ2) is 35.2. The van der Waals surface area contributed by atoms with Crippen LogP contribution in [0, 0.1) is 0 Å². The van der Waals surface area contributed by atoms with E-state index in [1.165, 1.54) is 126 Å². The van der Waals surface area contributed by atoms with Crippen molar-refractivity contribution in [3.05, 3.63) is 127 Å². The molecule has 0 N–H and O–H groups in total. The lowest BCUT2D eigenvalue weighted by Gasteiger charge is -2.09. The van der Waals surface area contributed by atoms with Crippen molar-refractivity contribution in [2.24, 2.45) is 0 Å². The molecule has 2 heterocycles. The van der Waals surface area contributed by atoms with Gasteiger partial charge in [0.1, 0.15) is 17.2 Å². The lowest BCUT2D eigenvalue weighted by atomic mass is 10.0. The molecule has 6 aromatic rings. The third-order valence-corrected chi connectivity index (χ3v) is 13.4. The number of aryl methyl sites for hydroxylation is 1. The number of nitrogens with zero attached hydrogens (tertiary/aromatic N) is 4. The van der Waals surface area contributed by atoms with Crippen molar-refractivity contribution in [3.63, 3.8) is 0 Å². The lowest BCUT2D eigenvalue weighted by Crippen LogP contribution is -2.00. The third kappa shape index (κ3) is 22.8. The van der Waals surface area contributed by atoms with Crippen molar-refractivity contribution in [2.45, 2.75) is 174 Å². The Morgan fingerprint density at radius 3 is 0.849 bits per heavy atom. The highest BCUT2D eigenvalue weighted by atomic mass is 16.5. The molecule has 9 heteroatoms. The van der Waals surface area contributed by atoms with Gasteiger partial charge < -0.3 is 23.7 Å². The summed E-state index contributed by atoms with van der Waals surface area (Å²) in [5, 5.41) is 0. The molecule has 0 fully saturated rings. The average Bonchev–Trinajstić information content (AvgIpc) is 3.43. The predicted molar refractivity (Wildman–Crippen MR) is 300 cm³/mol. The molecule has 0 unspecified atom stereocenters. The first-order chi connectivity index (χ1) is 36.2. The van der Waals surface area contributed by atoms with Crippen molar-refractivity contribution in [1.29, 1.82) is 0 Å². The van der Waals surface area contributed by atoms with Crippen LogP contribution in [-0.4, -0.2) is 53.0 Å². The summed E-state index contributed by atoms with van der Waals surface area (Å²) in [5.41, 5.74) is 5.86. The molecule has 0 aliphatic carbocycles. The van der Waals surface area contributed by atoms with Gasteiger partial charge in [0.25, 0.3) is 0 Å². The molecule has 0 amide bonds. The zero-order chi connectivity index (χ0) is 50.6. The van der Waals surface area contributed by atoms with Crippen molar-refractivity contribution in [3.8, 4) is 62.7 Å². The van der Waals surface area contributed by atoms with E-state index in [2.05, 4.69) is 82.3 Å². The molecule has 0 saturated heterocycles. The second-order valence-electron chi connectivity index (χ2n) is 19.5. The molecular weight excluding hydrogens is 905 g/mol. The van der Waals surface area contributed by atoms with Gasteiger partial charge in [-0.05, 0) is 122 Å². The summed E-state index contributed by atoms with van der Waals surface area (Å²) in [6.45, 7) is 8.09. The molecule has 0 aliphatic heterocycles. The fraction of sp³-hybridized carbons (Fsp3) is 0.500. The van der Waals surface area contributed by atoms with Crippen molar-refractivity contribution in [1.82, 2.24) is 19.9 Å². The number of hydrogen-bond donors (Lipinski definition) is 0. The van der Waals surface area contributed by atoms with Crippen molar-refractivity contribution < 1.29 is 23.7 Å². The predicted octanol–water partition coefficient (Wildman–Crippen LogP) is 17.5. The molecule has 73 heavy (non-hydrogen) atoms. The minimum Gasteiger partial charge on any atom is -0.494 e. The van der Waals surface area contributed by atoms with Crippen molar-refractivity contribution in [2.75, 3.05) is 33.0 Å². The first-order valence-electron chi connectivity index (χ1n) is 28.3. The molecule has 4 aromatic carbocycles. The maximum Gasteiger partial charge on any atom is 0.159 e. The van der Waals surface area contributed by atoms with E-state index in [1.54, 1.807) is 24.8 Å². The van der Waals surface area contributed by atoms with Gasteiger partial charge in [0, 0.05) is 11.1 Å². The van der Waals surface area contributed by atoms with Gasteiger partial charge in [-0.25, -0.2) is 19.9 Å². The van der Waals surface area contributed by atoms with Crippen LogP contribution in [0.25, 0.3) is 33.9 Å². The summed E-state index contributed by atoms with van der Waals surface area (Å²) in [7, 11) is 0. The minimum atomic E-state index is 0.672. The second-order valence-corrected chi connectivity index (χ2v) is 19.5. The van der Waals surface area contributed by atoms with Crippen LogP contribution >= 0.6 is 0 Å². The maximum absolute atomic E-state index is 6.05. The zero-order valence-corrected chi connectivity index (χ0v) is 44.6. The highest BCUT2D eigenvalue weighted by Crippen LogP contribution is 2.26. The first-order valence-corrected chi connectivity index (χ1v) is 28.3. The molecule has 392 valence electrons. The molecule has 6 rings (SSSR count). The number of hydrogen-bond acceptors (Lipinski definition) is 9. The van der Waals surface area contributed by atoms with E-state index in [1.807, 2.05) is 48.5 Å². The van der Waals surface area contributed by atoms with Crippen LogP contribution in [0.15, 0.2) is 122 Å². The van der Waals surface area contributed by atoms with E-state index < -0.39 is 0 Å². The van der Waals surface area contributed by atoms with E-state index in [0.29, 0.717) is 37.2 Å². The van der Waals surface area contributed by atoms with E-state index in [-0.39, 0.29) is 0 Å². The number of unbranched alkanes of at least 4 members (excludes halogenated alkanes) is 20. The van der Waals surface area contributed by atoms with Gasteiger partial charge in [-0.15, -0.1) is 0 Å². The Balaban J connectivity index is 0.714. The van der Waals surface area contributed by atoms with Gasteiger partial charge in [0.2, 0.25) is 0 Å². The van der Waals surface area contributed by atoms with Crippen LogP contribution < -0.4 is 23.7 Å². The summed E-state index contributed by atoms with van der Waals surface area (Å²) in [4.78, 5) is 18.1. The number of aromatic nitrogens is 4. The quantitative estimate of drug-likeness (QED) is 0.0349. The molecule has 9 nitrogen and oxygen atoms in total. The Morgan fingerprint density at radius 2 is 0.521 bits per heavy atom. The van der Waals surface area contributed by atoms with E-state index in [0.717, 1.165) is 98.7 Å². The summed E-state index contributed by atoms with van der Waals surface area (Å²) in [5.74, 6) is 5.49. The summed E-state index contributed by atoms with van der Waals surface area (Å²) < 4.78 is 29.9. The minimum absolute atomic E-state index is 0.672. The van der Waals surface area contributed by atoms with Crippen LogP contribution in [0.2, 0.25) is 0 Å². The van der Waals surface area contributed by atoms with Gasteiger partial charge in [-0.2, -0.15) is 0 Å². The summed E-state index contributed by atoms with van der Waals surface area (Å²) in [6, 6.07) is 33.7. The standard InChI is InChI=1S/C64H86N4O5/c1-3-5-7-9-15-21-27-53-28-30-54(31-29-53)55-32-38-58(39-33-55)69-45-23-19-14-20-24-46-71-60-42-36-57(37-43-60)64-67-51-62(52-68-64)73-48-26-18-13-11-12-17-22-44-70-59-40-34-56(35-41-59)63-65-49-61(50-66-63)72-47-25-16-10-8-6-4-2/h28-43,49-52H,3-27,44-48H2,1-2H3. The van der Waals surface area contributed by atoms with Crippen LogP contribution in [0.1, 0.15) is 174 Å². The SMILES string of the molecule is CCCCCCCCOc1cnc(-c2ccc(OCCCCCCCCCOc3cnc(-c4ccc(OCCCCCCCOc5ccc(-c6ccc(CCCCCCCC)cc6)cc5)cc4)nc3)cc2)nc1. The Kier molecular flexibility index (Phi) is 27.2. The van der Waals surface area contributed by atoms with Gasteiger partial charge in [-0.3, -0.25) is 0 Å². The molecule has 0 bridgehead atoms. The number of rotatable bonds is 40. The molecular formula is C64H86N4O5. The third-order valence-electron chi connectivity index (χ3n) is 13.4. The van der Waals surface area contributed by atoms with E-state index in [4.69, 9.17) is 23.7 Å². The Bertz CT molecular complexity index is 2290. The van der Waals surface area contributed by atoms with Gasteiger partial charge >= 0.3 is 0 Å². The average molecular weight is 991 g/mol. The monoisotopic (exact) mass is 991 g/mol. The Labute approximate surface area is 439 Å². The lowest BCUT2D eigenvalue weighted by molar-refractivity contribution is 0.293. The first kappa shape index (κ1) is 56.3. The van der Waals surface area contributed by atoms with Gasteiger partial charge in [-0.1, -0.05) is 166 Å². The highest BCUT2D eigenvalue weighted by molar-refractivity contribution is 5.64. The number of ether oxygens (including phenoxy) is 5. The van der Waals surface area contributed by atoms with E-state index in [9.17, 15) is 0 Å². The van der Waals surface area contributed by atoms with E-state index >= 15 is 0 Å². The van der Waals surface area contributed by atoms with Crippen LogP contribution in [0.5, 0.6) is 28.7 Å². The fourth-order valence-corrected chi connectivity index (χ4v) is 8.85. The fourth-order valence-electron chi connectivity index (χ4n) is 8.85. The van der Waals surface area contributed by atoms with Crippen molar-refractivity contribution >= 4 is 0 Å². The molecule has 0 atom stereocenters. The molecule has 2 aromatic heterocycles. The smallest absolute Gasteiger partial charge is 0.159 e. The van der Waals surface area contributed by atoms with Gasteiger partial charge in [0.05, 0.1) is 57.8 Å².